The summed E-state index contributed by atoms with van der Waals surface area (Å²) >= 11 is 0. The van der Waals surface area contributed by atoms with Crippen LogP contribution in [0.5, 0.6) is 0 Å². The molecule has 6 heteroatoms. The van der Waals surface area contributed by atoms with Crippen molar-refractivity contribution in [1.82, 2.24) is 10.2 Å². The van der Waals surface area contributed by atoms with Crippen molar-refractivity contribution in [3.8, 4) is 0 Å². The summed E-state index contributed by atoms with van der Waals surface area (Å²) in [6, 6.07) is -0.194. The number of likely N-dealkylation sites (tertiary alicyclic amines) is 1. The van der Waals surface area contributed by atoms with E-state index in [0.717, 1.165) is 6.54 Å². The lowest BCUT2D eigenvalue weighted by Crippen LogP contribution is -2.51. The zero-order valence-electron chi connectivity index (χ0n) is 9.59. The Morgan fingerprint density at radius 3 is 2.56 bits per heavy atom. The lowest BCUT2D eigenvalue weighted by atomic mass is 9.90. The van der Waals surface area contributed by atoms with E-state index in [2.05, 4.69) is 5.32 Å². The number of halogens is 3. The van der Waals surface area contributed by atoms with Crippen LogP contribution in [0.15, 0.2) is 0 Å². The predicted molar refractivity (Wildman–Crippen MR) is 55.1 cm³/mol. The molecule has 1 aliphatic heterocycles. The molecule has 0 radical (unpaired) electrons. The first kappa shape index (κ1) is 13.7. The number of aliphatic hydroxyl groups excluding tert-OH is 1. The fourth-order valence-electron chi connectivity index (χ4n) is 2.12. The Kier molecular flexibility index (Phi) is 4.58. The number of rotatable bonds is 3. The van der Waals surface area contributed by atoms with Crippen molar-refractivity contribution in [3.05, 3.63) is 0 Å². The first-order valence-electron chi connectivity index (χ1n) is 5.44. The number of hydrogen-bond acceptors (Lipinski definition) is 3. The van der Waals surface area contributed by atoms with Gasteiger partial charge in [0.2, 0.25) is 0 Å². The van der Waals surface area contributed by atoms with E-state index in [1.54, 1.807) is 6.92 Å². The van der Waals surface area contributed by atoms with Crippen molar-refractivity contribution in [2.45, 2.75) is 31.7 Å². The first-order chi connectivity index (χ1) is 7.28. The highest BCUT2D eigenvalue weighted by molar-refractivity contribution is 4.84. The third kappa shape index (κ3) is 4.67. The predicted octanol–water partition coefficient (Wildman–Crippen LogP) is 0.839. The number of hydrogen-bond donors (Lipinski definition) is 2. The van der Waals surface area contributed by atoms with Crippen LogP contribution in [0.4, 0.5) is 13.2 Å². The van der Waals surface area contributed by atoms with Crippen molar-refractivity contribution in [3.63, 3.8) is 0 Å². The van der Waals surface area contributed by atoms with Crippen LogP contribution in [0.25, 0.3) is 0 Å². The van der Waals surface area contributed by atoms with E-state index in [1.807, 2.05) is 11.9 Å². The van der Waals surface area contributed by atoms with E-state index in [1.165, 1.54) is 0 Å². The third-order valence-electron chi connectivity index (χ3n) is 2.94. The van der Waals surface area contributed by atoms with Crippen LogP contribution in [0, 0.1) is 5.92 Å². The van der Waals surface area contributed by atoms with Gasteiger partial charge in [-0.1, -0.05) is 0 Å². The van der Waals surface area contributed by atoms with E-state index in [9.17, 15) is 18.3 Å². The van der Waals surface area contributed by atoms with Gasteiger partial charge in [-0.25, -0.2) is 0 Å². The van der Waals surface area contributed by atoms with Crippen LogP contribution >= 0.6 is 0 Å². The molecule has 3 atom stereocenters. The molecule has 16 heavy (non-hydrogen) atoms. The molecule has 3 unspecified atom stereocenters. The summed E-state index contributed by atoms with van der Waals surface area (Å²) in [5.41, 5.74) is 0. The second-order valence-electron chi connectivity index (χ2n) is 4.65. The van der Waals surface area contributed by atoms with E-state index in [0.29, 0.717) is 13.0 Å². The molecule has 1 fully saturated rings. The van der Waals surface area contributed by atoms with Crippen LogP contribution < -0.4 is 5.32 Å². The standard InChI is InChI=1S/C10H19F3N2O/c1-7(16)8-3-9(5-15(2)4-8)14-6-10(11,12)13/h7-9,14,16H,3-6H2,1-2H3. The van der Waals surface area contributed by atoms with Gasteiger partial charge < -0.3 is 15.3 Å². The monoisotopic (exact) mass is 240 g/mol. The molecule has 3 nitrogen and oxygen atoms in total. The SMILES string of the molecule is CC(O)C1CC(NCC(F)(F)F)CN(C)C1. The molecule has 0 aromatic heterocycles. The highest BCUT2D eigenvalue weighted by Gasteiger charge is 2.32. The second kappa shape index (κ2) is 5.33. The summed E-state index contributed by atoms with van der Waals surface area (Å²) in [5.74, 6) is 0.0458. The summed E-state index contributed by atoms with van der Waals surface area (Å²) < 4.78 is 36.1. The molecule has 0 aliphatic carbocycles. The lowest BCUT2D eigenvalue weighted by molar-refractivity contribution is -0.127. The van der Waals surface area contributed by atoms with Crippen molar-refractivity contribution in [2.75, 3.05) is 26.7 Å². The van der Waals surface area contributed by atoms with Crippen molar-refractivity contribution in [2.24, 2.45) is 5.92 Å². The minimum atomic E-state index is -4.17. The maximum Gasteiger partial charge on any atom is 0.401 e. The highest BCUT2D eigenvalue weighted by atomic mass is 19.4. The van der Waals surface area contributed by atoms with E-state index >= 15 is 0 Å². The number of likely N-dealkylation sites (N-methyl/N-ethyl adjacent to an activating group) is 1. The maximum absolute atomic E-state index is 12.0. The number of nitrogens with zero attached hydrogens (tertiary/aromatic N) is 1. The summed E-state index contributed by atoms with van der Waals surface area (Å²) in [6.45, 7) is 2.06. The zero-order valence-corrected chi connectivity index (χ0v) is 9.59. The lowest BCUT2D eigenvalue weighted by Gasteiger charge is -2.37. The van der Waals surface area contributed by atoms with Gasteiger partial charge in [-0.05, 0) is 26.3 Å². The molecule has 0 saturated carbocycles. The van der Waals surface area contributed by atoms with Gasteiger partial charge in [-0.3, -0.25) is 0 Å². The molecule has 1 aliphatic rings. The van der Waals surface area contributed by atoms with Gasteiger partial charge in [0.05, 0.1) is 12.6 Å². The van der Waals surface area contributed by atoms with Crippen molar-refractivity contribution in [1.29, 1.82) is 0 Å². The summed E-state index contributed by atoms with van der Waals surface area (Å²) in [6.07, 6.45) is -4.05. The molecular formula is C10H19F3N2O. The number of aliphatic hydroxyl groups is 1. The zero-order chi connectivity index (χ0) is 12.3. The Balaban J connectivity index is 2.42. The van der Waals surface area contributed by atoms with Gasteiger partial charge in [-0.2, -0.15) is 13.2 Å². The van der Waals surface area contributed by atoms with E-state index in [4.69, 9.17) is 0 Å². The number of alkyl halides is 3. The largest absolute Gasteiger partial charge is 0.401 e. The molecule has 0 bridgehead atoms. The Morgan fingerprint density at radius 2 is 2.06 bits per heavy atom. The summed E-state index contributed by atoms with van der Waals surface area (Å²) in [5, 5.41) is 12.0. The Hall–Kier alpha value is -0.330. The van der Waals surface area contributed by atoms with Crippen LogP contribution in [0.1, 0.15) is 13.3 Å². The normalized spacial score (nSPS) is 30.4. The molecule has 0 amide bonds. The van der Waals surface area contributed by atoms with Crippen LogP contribution in [-0.4, -0.2) is 55.0 Å². The summed E-state index contributed by atoms with van der Waals surface area (Å²) in [7, 11) is 1.86. The minimum Gasteiger partial charge on any atom is -0.393 e. The molecule has 96 valence electrons. The smallest absolute Gasteiger partial charge is 0.393 e. The molecule has 0 aromatic carbocycles. The van der Waals surface area contributed by atoms with Crippen molar-refractivity contribution < 1.29 is 18.3 Å². The average molecular weight is 240 g/mol. The molecule has 0 spiro atoms. The molecular weight excluding hydrogens is 221 g/mol. The van der Waals surface area contributed by atoms with Crippen molar-refractivity contribution >= 4 is 0 Å². The number of nitrogens with one attached hydrogen (secondary N) is 1. The molecule has 2 N–H and O–H groups in total. The first-order valence-corrected chi connectivity index (χ1v) is 5.44. The van der Waals surface area contributed by atoms with E-state index in [-0.39, 0.29) is 12.0 Å². The van der Waals surface area contributed by atoms with Gasteiger partial charge in [0, 0.05) is 19.1 Å². The van der Waals surface area contributed by atoms with Gasteiger partial charge in [0.25, 0.3) is 0 Å². The molecule has 1 rings (SSSR count). The van der Waals surface area contributed by atoms with Gasteiger partial charge in [-0.15, -0.1) is 0 Å². The van der Waals surface area contributed by atoms with Gasteiger partial charge in [0.15, 0.2) is 0 Å². The van der Waals surface area contributed by atoms with Gasteiger partial charge in [0.1, 0.15) is 0 Å². The number of piperidine rings is 1. The van der Waals surface area contributed by atoms with Crippen LogP contribution in [0.2, 0.25) is 0 Å². The Labute approximate surface area is 93.6 Å². The summed E-state index contributed by atoms with van der Waals surface area (Å²) in [4.78, 5) is 1.95. The minimum absolute atomic E-state index is 0.0458. The fraction of sp³-hybridized carbons (Fsp3) is 1.00. The molecule has 1 saturated heterocycles. The van der Waals surface area contributed by atoms with Crippen LogP contribution in [-0.2, 0) is 0 Å². The third-order valence-corrected chi connectivity index (χ3v) is 2.94. The van der Waals surface area contributed by atoms with Crippen LogP contribution in [0.3, 0.4) is 0 Å². The quantitative estimate of drug-likeness (QED) is 0.767. The topological polar surface area (TPSA) is 35.5 Å². The highest BCUT2D eigenvalue weighted by Crippen LogP contribution is 2.20. The maximum atomic E-state index is 12.0. The molecule has 0 aromatic rings. The second-order valence-corrected chi connectivity index (χ2v) is 4.65. The van der Waals surface area contributed by atoms with E-state index < -0.39 is 18.8 Å². The Bertz CT molecular complexity index is 221. The fourth-order valence-corrected chi connectivity index (χ4v) is 2.12. The van der Waals surface area contributed by atoms with Gasteiger partial charge >= 0.3 is 6.18 Å². The Morgan fingerprint density at radius 1 is 1.44 bits per heavy atom. The molecule has 1 heterocycles. The average Bonchev–Trinajstić information content (AvgIpc) is 2.13.